The zero-order chi connectivity index (χ0) is 41.6. The van der Waals surface area contributed by atoms with E-state index in [1.165, 1.54) is 161 Å². The fourth-order valence-corrected chi connectivity index (χ4v) is 7.64. The van der Waals surface area contributed by atoms with Gasteiger partial charge in [0, 0.05) is 6.42 Å². The molecule has 6 N–H and O–H groups in total. The first-order valence-corrected chi connectivity index (χ1v) is 24.1. The van der Waals surface area contributed by atoms with E-state index in [4.69, 9.17) is 9.47 Å². The minimum Gasteiger partial charge on any atom is -0.394 e. The van der Waals surface area contributed by atoms with Crippen LogP contribution in [-0.4, -0.2) is 87.5 Å². The van der Waals surface area contributed by atoms with Crippen LogP contribution < -0.4 is 5.32 Å². The van der Waals surface area contributed by atoms with Crippen LogP contribution in [0.1, 0.15) is 219 Å². The number of aliphatic hydroxyl groups excluding tert-OH is 5. The molecule has 0 aromatic carbocycles. The number of carbonyl (C=O) groups excluding carboxylic acids is 1. The van der Waals surface area contributed by atoms with Crippen molar-refractivity contribution in [3.8, 4) is 0 Å². The van der Waals surface area contributed by atoms with Gasteiger partial charge < -0.3 is 40.3 Å². The van der Waals surface area contributed by atoms with Crippen LogP contribution in [0.5, 0.6) is 0 Å². The molecule has 57 heavy (non-hydrogen) atoms. The van der Waals surface area contributed by atoms with E-state index in [1.807, 2.05) is 6.08 Å². The number of allylic oxidation sites excluding steroid dienone is 3. The molecule has 7 atom stereocenters. The summed E-state index contributed by atoms with van der Waals surface area (Å²) in [5.74, 6) is -0.185. The molecule has 1 rings (SSSR count). The van der Waals surface area contributed by atoms with Gasteiger partial charge in [0.2, 0.25) is 5.91 Å². The summed E-state index contributed by atoms with van der Waals surface area (Å²) < 4.78 is 11.2. The van der Waals surface area contributed by atoms with Gasteiger partial charge in [0.25, 0.3) is 0 Å². The predicted molar refractivity (Wildman–Crippen MR) is 235 cm³/mol. The Kier molecular flexibility index (Phi) is 36.6. The summed E-state index contributed by atoms with van der Waals surface area (Å²) in [5.41, 5.74) is 0. The zero-order valence-electron chi connectivity index (χ0n) is 36.9. The van der Waals surface area contributed by atoms with Crippen LogP contribution in [0.4, 0.5) is 0 Å². The van der Waals surface area contributed by atoms with E-state index in [9.17, 15) is 30.3 Å². The second-order valence-electron chi connectivity index (χ2n) is 16.9. The predicted octanol–water partition coefficient (Wildman–Crippen LogP) is 10.3. The van der Waals surface area contributed by atoms with Crippen molar-refractivity contribution < 1.29 is 39.8 Å². The number of ether oxygens (including phenoxy) is 2. The van der Waals surface area contributed by atoms with Crippen LogP contribution in [0.15, 0.2) is 24.3 Å². The first-order valence-electron chi connectivity index (χ1n) is 24.1. The molecule has 1 fully saturated rings. The lowest BCUT2D eigenvalue weighted by Crippen LogP contribution is -2.60. The highest BCUT2D eigenvalue weighted by atomic mass is 16.7. The molecule has 0 aromatic rings. The van der Waals surface area contributed by atoms with Gasteiger partial charge in [0.1, 0.15) is 24.4 Å². The minimum atomic E-state index is -1.57. The molecule has 1 aliphatic heterocycles. The number of hydrogen-bond donors (Lipinski definition) is 6. The molecule has 1 amide bonds. The first-order chi connectivity index (χ1) is 27.8. The Bertz CT molecular complexity index is 945. The van der Waals surface area contributed by atoms with Gasteiger partial charge in [-0.1, -0.05) is 205 Å². The Labute approximate surface area is 349 Å². The van der Waals surface area contributed by atoms with Gasteiger partial charge in [-0.15, -0.1) is 0 Å². The Morgan fingerprint density at radius 3 is 1.47 bits per heavy atom. The molecule has 0 aromatic heterocycles. The van der Waals surface area contributed by atoms with E-state index in [1.54, 1.807) is 6.08 Å². The summed E-state index contributed by atoms with van der Waals surface area (Å²) in [7, 11) is 0. The average Bonchev–Trinajstić information content (AvgIpc) is 3.21. The summed E-state index contributed by atoms with van der Waals surface area (Å²) in [5, 5.41) is 54.2. The molecule has 1 heterocycles. The number of rotatable bonds is 40. The maximum absolute atomic E-state index is 13.0. The van der Waals surface area contributed by atoms with Crippen LogP contribution in [-0.2, 0) is 14.3 Å². The highest BCUT2D eigenvalue weighted by molar-refractivity contribution is 5.76. The number of amides is 1. The van der Waals surface area contributed by atoms with Crippen LogP contribution in [0.3, 0.4) is 0 Å². The molecule has 0 radical (unpaired) electrons. The SMILES string of the molecule is CCCCCCCCCCCCCCC/C=C/CC/C=C/C(O)C(COC1OC(CO)C(O)C(O)C1O)NC(=O)CCCCCCCCCCCCCCCCC. The fraction of sp³-hybridized carbons (Fsp3) is 0.896. The van der Waals surface area contributed by atoms with Crippen LogP contribution in [0.25, 0.3) is 0 Å². The largest absolute Gasteiger partial charge is 0.394 e. The van der Waals surface area contributed by atoms with Gasteiger partial charge in [-0.25, -0.2) is 0 Å². The Morgan fingerprint density at radius 1 is 0.579 bits per heavy atom. The van der Waals surface area contributed by atoms with Crippen molar-refractivity contribution in [2.24, 2.45) is 0 Å². The van der Waals surface area contributed by atoms with Crippen molar-refractivity contribution in [2.75, 3.05) is 13.2 Å². The molecule has 9 nitrogen and oxygen atoms in total. The molecular weight excluding hydrogens is 719 g/mol. The molecule has 9 heteroatoms. The van der Waals surface area contributed by atoms with Gasteiger partial charge >= 0.3 is 0 Å². The number of hydrogen-bond acceptors (Lipinski definition) is 8. The third-order valence-electron chi connectivity index (χ3n) is 11.5. The van der Waals surface area contributed by atoms with Gasteiger partial charge in [-0.2, -0.15) is 0 Å². The maximum Gasteiger partial charge on any atom is 0.220 e. The van der Waals surface area contributed by atoms with Gasteiger partial charge in [0.15, 0.2) is 6.29 Å². The molecule has 7 unspecified atom stereocenters. The third kappa shape index (κ3) is 29.5. The van der Waals surface area contributed by atoms with E-state index >= 15 is 0 Å². The number of unbranched alkanes of at least 4 members (excludes halogenated alkanes) is 28. The molecule has 336 valence electrons. The van der Waals surface area contributed by atoms with Crippen molar-refractivity contribution in [3.05, 3.63) is 24.3 Å². The van der Waals surface area contributed by atoms with Crippen LogP contribution >= 0.6 is 0 Å². The van der Waals surface area contributed by atoms with Crippen molar-refractivity contribution in [1.82, 2.24) is 5.32 Å². The molecule has 0 aliphatic carbocycles. The van der Waals surface area contributed by atoms with Gasteiger partial charge in [-0.3, -0.25) is 4.79 Å². The van der Waals surface area contributed by atoms with E-state index in [0.717, 1.165) is 38.5 Å². The highest BCUT2D eigenvalue weighted by Crippen LogP contribution is 2.23. The lowest BCUT2D eigenvalue weighted by molar-refractivity contribution is -0.302. The fourth-order valence-electron chi connectivity index (χ4n) is 7.64. The molecule has 1 saturated heterocycles. The maximum atomic E-state index is 13.0. The number of carbonyl (C=O) groups is 1. The van der Waals surface area contributed by atoms with Crippen molar-refractivity contribution in [1.29, 1.82) is 0 Å². The van der Waals surface area contributed by atoms with E-state index in [2.05, 4.69) is 31.3 Å². The van der Waals surface area contributed by atoms with Gasteiger partial charge in [-0.05, 0) is 32.1 Å². The van der Waals surface area contributed by atoms with Crippen molar-refractivity contribution in [3.63, 3.8) is 0 Å². The van der Waals surface area contributed by atoms with Crippen LogP contribution in [0.2, 0.25) is 0 Å². The lowest BCUT2D eigenvalue weighted by atomic mass is 9.99. The second-order valence-corrected chi connectivity index (χ2v) is 16.9. The summed E-state index contributed by atoms with van der Waals surface area (Å²) in [6, 6.07) is -0.816. The normalized spacial score (nSPS) is 21.1. The molecular formula is C48H91NO8. The van der Waals surface area contributed by atoms with Crippen molar-refractivity contribution in [2.45, 2.75) is 262 Å². The highest BCUT2D eigenvalue weighted by Gasteiger charge is 2.44. The third-order valence-corrected chi connectivity index (χ3v) is 11.5. The van der Waals surface area contributed by atoms with E-state index < -0.39 is 49.5 Å². The molecule has 0 bridgehead atoms. The lowest BCUT2D eigenvalue weighted by Gasteiger charge is -2.40. The standard InChI is InChI=1S/C48H91NO8/c1-3-5-7-9-11-13-15-17-19-20-21-22-24-25-27-29-31-33-35-37-42(51)41(40-56-48-47(55)46(54)45(53)43(39-50)57-48)49-44(52)38-36-34-32-30-28-26-23-18-16-14-12-10-8-6-4-2/h27,29,35,37,41-43,45-48,50-51,53-55H,3-26,28,30-34,36,38-40H2,1-2H3,(H,49,52)/b29-27+,37-35+. The Hall–Kier alpha value is -1.33. The van der Waals surface area contributed by atoms with Crippen LogP contribution in [0, 0.1) is 0 Å². The number of nitrogens with one attached hydrogen (secondary N) is 1. The Morgan fingerprint density at radius 2 is 1.00 bits per heavy atom. The topological polar surface area (TPSA) is 149 Å². The van der Waals surface area contributed by atoms with E-state index in [-0.39, 0.29) is 12.5 Å². The smallest absolute Gasteiger partial charge is 0.220 e. The summed E-state index contributed by atoms with van der Waals surface area (Å²) in [4.78, 5) is 13.0. The summed E-state index contributed by atoms with van der Waals surface area (Å²) >= 11 is 0. The monoisotopic (exact) mass is 810 g/mol. The molecule has 0 spiro atoms. The average molecular weight is 810 g/mol. The molecule has 1 aliphatic rings. The first kappa shape index (κ1) is 53.7. The minimum absolute atomic E-state index is 0.185. The quantitative estimate of drug-likeness (QED) is 0.0265. The number of aliphatic hydroxyl groups is 5. The zero-order valence-corrected chi connectivity index (χ0v) is 36.9. The van der Waals surface area contributed by atoms with E-state index in [0.29, 0.717) is 6.42 Å². The summed E-state index contributed by atoms with van der Waals surface area (Å²) in [6.07, 6.45) is 39.4. The Balaban J connectivity index is 2.36. The van der Waals surface area contributed by atoms with Gasteiger partial charge in [0.05, 0.1) is 25.4 Å². The molecule has 0 saturated carbocycles. The second kappa shape index (κ2) is 38.8. The van der Waals surface area contributed by atoms with Crippen molar-refractivity contribution >= 4 is 5.91 Å². The summed E-state index contributed by atoms with van der Waals surface area (Å²) in [6.45, 7) is 3.77.